The second-order valence-electron chi connectivity index (χ2n) is 4.77. The number of hydrogen-bond acceptors (Lipinski definition) is 3. The molecule has 90 valence electrons. The molecule has 0 unspecified atom stereocenters. The first-order valence-corrected chi connectivity index (χ1v) is 6.84. The average Bonchev–Trinajstić information content (AvgIpc) is 2.27. The third kappa shape index (κ3) is 1.97. The predicted molar refractivity (Wildman–Crippen MR) is 69.4 cm³/mol. The zero-order valence-electron chi connectivity index (χ0n) is 10.2. The van der Waals surface area contributed by atoms with Gasteiger partial charge >= 0.3 is 0 Å². The van der Waals surface area contributed by atoms with Crippen molar-refractivity contribution < 1.29 is 9.59 Å². The van der Waals surface area contributed by atoms with Crippen molar-refractivity contribution in [2.24, 2.45) is 0 Å². The van der Waals surface area contributed by atoms with Crippen molar-refractivity contribution in [3.05, 3.63) is 35.4 Å². The number of benzene rings is 1. The molecule has 17 heavy (non-hydrogen) atoms. The minimum absolute atomic E-state index is 0.192. The number of fused-ring (bicyclic) bond motifs is 2. The van der Waals surface area contributed by atoms with E-state index in [4.69, 9.17) is 0 Å². The summed E-state index contributed by atoms with van der Waals surface area (Å²) in [5.41, 5.74) is 0.727. The van der Waals surface area contributed by atoms with Gasteiger partial charge in [0.15, 0.2) is 0 Å². The van der Waals surface area contributed by atoms with Gasteiger partial charge in [-0.2, -0.15) is 11.8 Å². The molecule has 1 aliphatic rings. The summed E-state index contributed by atoms with van der Waals surface area (Å²) < 4.78 is 0. The van der Waals surface area contributed by atoms with Gasteiger partial charge in [-0.05, 0) is 38.3 Å². The first kappa shape index (κ1) is 12.2. The topological polar surface area (TPSA) is 37.4 Å². The van der Waals surface area contributed by atoms with Crippen molar-refractivity contribution in [3.63, 3.8) is 0 Å². The Labute approximate surface area is 105 Å². The van der Waals surface area contributed by atoms with Crippen LogP contribution < -0.4 is 0 Å². The average molecular weight is 249 g/mol. The van der Waals surface area contributed by atoms with Gasteiger partial charge in [-0.1, -0.05) is 6.07 Å². The molecule has 0 saturated heterocycles. The number of imide groups is 1. The Kier molecular flexibility index (Phi) is 3.00. The van der Waals surface area contributed by atoms with Crippen molar-refractivity contribution in [3.8, 4) is 0 Å². The zero-order valence-corrected chi connectivity index (χ0v) is 11.0. The highest BCUT2D eigenvalue weighted by Crippen LogP contribution is 2.27. The standard InChI is InChI=1S/C13H15NO2S/c1-13(2,8-17-3)14-11(15)9-5-4-6-10(7-9)12(14)16/h4-7H,8H2,1-3H3. The normalized spacial score (nSPS) is 15.4. The third-order valence-corrected chi connectivity index (χ3v) is 3.86. The maximum absolute atomic E-state index is 12.2. The summed E-state index contributed by atoms with van der Waals surface area (Å²) in [6.45, 7) is 3.84. The molecule has 0 saturated carbocycles. The SMILES string of the molecule is CSCC(C)(C)N1C(=O)c2cccc(c2)C1=O. The van der Waals surface area contributed by atoms with Crippen LogP contribution in [0.1, 0.15) is 34.6 Å². The van der Waals surface area contributed by atoms with Crippen LogP contribution in [0.15, 0.2) is 24.3 Å². The molecule has 0 aromatic heterocycles. The van der Waals surface area contributed by atoms with Gasteiger partial charge in [-0.25, -0.2) is 0 Å². The fraction of sp³-hybridized carbons (Fsp3) is 0.385. The number of carbonyl (C=O) groups excluding carboxylic acids is 2. The highest BCUT2D eigenvalue weighted by Gasteiger charge is 2.39. The second kappa shape index (κ2) is 4.18. The van der Waals surface area contributed by atoms with E-state index in [0.29, 0.717) is 11.1 Å². The quantitative estimate of drug-likeness (QED) is 0.772. The first-order valence-electron chi connectivity index (χ1n) is 5.45. The molecule has 2 rings (SSSR count). The molecule has 1 aromatic carbocycles. The lowest BCUT2D eigenvalue weighted by atomic mass is 9.97. The molecular formula is C13H15NO2S. The Morgan fingerprint density at radius 3 is 2.18 bits per heavy atom. The lowest BCUT2D eigenvalue weighted by Crippen LogP contribution is -2.54. The van der Waals surface area contributed by atoms with Crippen LogP contribution in [-0.2, 0) is 0 Å². The van der Waals surface area contributed by atoms with Gasteiger partial charge in [-0.3, -0.25) is 14.5 Å². The van der Waals surface area contributed by atoms with E-state index in [1.54, 1.807) is 36.0 Å². The van der Waals surface area contributed by atoms with Crippen molar-refractivity contribution >= 4 is 23.6 Å². The van der Waals surface area contributed by atoms with Crippen molar-refractivity contribution in [1.82, 2.24) is 4.90 Å². The van der Waals surface area contributed by atoms with E-state index in [2.05, 4.69) is 0 Å². The molecule has 3 nitrogen and oxygen atoms in total. The molecule has 1 aromatic rings. The largest absolute Gasteiger partial charge is 0.269 e. The Morgan fingerprint density at radius 1 is 1.18 bits per heavy atom. The number of carbonyl (C=O) groups is 2. The fourth-order valence-corrected chi connectivity index (χ4v) is 2.94. The number of thioether (sulfide) groups is 1. The minimum atomic E-state index is -0.461. The maximum atomic E-state index is 12.2. The lowest BCUT2D eigenvalue weighted by Gasteiger charge is -2.38. The summed E-state index contributed by atoms with van der Waals surface area (Å²) >= 11 is 1.63. The van der Waals surface area contributed by atoms with Crippen LogP contribution in [0, 0.1) is 0 Å². The molecule has 4 heteroatoms. The van der Waals surface area contributed by atoms with Gasteiger partial charge in [0.1, 0.15) is 0 Å². The van der Waals surface area contributed by atoms with E-state index in [9.17, 15) is 9.59 Å². The first-order chi connectivity index (χ1) is 7.97. The van der Waals surface area contributed by atoms with Crippen LogP contribution in [0.5, 0.6) is 0 Å². The highest BCUT2D eigenvalue weighted by atomic mass is 32.2. The van der Waals surface area contributed by atoms with E-state index in [1.165, 1.54) is 4.90 Å². The molecule has 0 radical (unpaired) electrons. The van der Waals surface area contributed by atoms with E-state index >= 15 is 0 Å². The molecule has 0 fully saturated rings. The molecule has 0 N–H and O–H groups in total. The van der Waals surface area contributed by atoms with Crippen molar-refractivity contribution in [1.29, 1.82) is 0 Å². The molecule has 2 bridgehead atoms. The summed E-state index contributed by atoms with van der Waals surface area (Å²) in [6.07, 6.45) is 1.97. The highest BCUT2D eigenvalue weighted by molar-refractivity contribution is 7.98. The molecule has 1 heterocycles. The molecular weight excluding hydrogens is 234 g/mol. The number of nitrogens with zero attached hydrogens (tertiary/aromatic N) is 1. The zero-order chi connectivity index (χ0) is 12.6. The number of hydrogen-bond donors (Lipinski definition) is 0. The van der Waals surface area contributed by atoms with E-state index < -0.39 is 5.54 Å². The van der Waals surface area contributed by atoms with E-state index in [1.807, 2.05) is 20.1 Å². The number of rotatable bonds is 3. The Hall–Kier alpha value is -1.29. The Balaban J connectivity index is 2.44. The van der Waals surface area contributed by atoms with Crippen LogP contribution in [-0.4, -0.2) is 34.3 Å². The van der Waals surface area contributed by atoms with Crippen LogP contribution in [0.3, 0.4) is 0 Å². The summed E-state index contributed by atoms with van der Waals surface area (Å²) in [5, 5.41) is 0. The van der Waals surface area contributed by atoms with Crippen LogP contribution in [0.25, 0.3) is 0 Å². The van der Waals surface area contributed by atoms with Crippen LogP contribution in [0.4, 0.5) is 0 Å². The molecule has 0 spiro atoms. The molecule has 2 amide bonds. The molecule has 0 atom stereocenters. The van der Waals surface area contributed by atoms with Gasteiger partial charge in [0, 0.05) is 16.9 Å². The molecule has 0 aliphatic carbocycles. The monoisotopic (exact) mass is 249 g/mol. The van der Waals surface area contributed by atoms with Gasteiger partial charge in [0.2, 0.25) is 0 Å². The Morgan fingerprint density at radius 2 is 1.71 bits per heavy atom. The summed E-state index contributed by atoms with van der Waals surface area (Å²) in [6, 6.07) is 6.91. The van der Waals surface area contributed by atoms with Crippen LogP contribution >= 0.6 is 11.8 Å². The fourth-order valence-electron chi connectivity index (χ4n) is 2.10. The van der Waals surface area contributed by atoms with Gasteiger partial charge in [0.25, 0.3) is 11.8 Å². The summed E-state index contributed by atoms with van der Waals surface area (Å²) in [4.78, 5) is 25.8. The van der Waals surface area contributed by atoms with E-state index in [-0.39, 0.29) is 11.8 Å². The lowest BCUT2D eigenvalue weighted by molar-refractivity contribution is 0.0461. The van der Waals surface area contributed by atoms with Crippen molar-refractivity contribution in [2.45, 2.75) is 19.4 Å². The maximum Gasteiger partial charge on any atom is 0.261 e. The smallest absolute Gasteiger partial charge is 0.261 e. The third-order valence-electron chi connectivity index (χ3n) is 2.87. The number of amides is 2. The summed E-state index contributed by atoms with van der Waals surface area (Å²) in [7, 11) is 0. The second-order valence-corrected chi connectivity index (χ2v) is 5.64. The van der Waals surface area contributed by atoms with E-state index in [0.717, 1.165) is 5.75 Å². The van der Waals surface area contributed by atoms with Gasteiger partial charge < -0.3 is 0 Å². The molecule has 1 aliphatic heterocycles. The predicted octanol–water partition coefficient (Wildman–Crippen LogP) is 2.42. The summed E-state index contributed by atoms with van der Waals surface area (Å²) in [5.74, 6) is 0.346. The Bertz CT molecular complexity index is 451. The van der Waals surface area contributed by atoms with Gasteiger partial charge in [-0.15, -0.1) is 0 Å². The minimum Gasteiger partial charge on any atom is -0.269 e. The van der Waals surface area contributed by atoms with Gasteiger partial charge in [0.05, 0.1) is 5.54 Å². The van der Waals surface area contributed by atoms with Crippen molar-refractivity contribution in [2.75, 3.05) is 12.0 Å². The van der Waals surface area contributed by atoms with Crippen LogP contribution in [0.2, 0.25) is 0 Å².